The topological polar surface area (TPSA) is 128 Å². The van der Waals surface area contributed by atoms with Crippen molar-refractivity contribution in [2.45, 2.75) is 96.9 Å². The second kappa shape index (κ2) is 14.3. The van der Waals surface area contributed by atoms with Crippen LogP contribution in [0.5, 0.6) is 0 Å². The van der Waals surface area contributed by atoms with Crippen molar-refractivity contribution < 1.29 is 32.6 Å². The van der Waals surface area contributed by atoms with Gasteiger partial charge in [-0.2, -0.15) is 0 Å². The molecule has 2 N–H and O–H groups in total. The SMILES string of the molecule is CCn1c(-c2cccnc2[C@H](C)OC)c2c3cc(ccc31)-c1csc(n1)C[C@H](NC(=O)[C@H]1[C@@H]3CC(F)(F)C[C@@H]31)C(=O)N1CCC[C@H](N1)C(=O)OCC(C)(C)C2. The summed E-state index contributed by atoms with van der Waals surface area (Å²) in [4.78, 5) is 51.1. The van der Waals surface area contributed by atoms with Crippen molar-refractivity contribution in [3.8, 4) is 22.5 Å². The number of aromatic nitrogens is 3. The number of hydrogen-bond acceptors (Lipinski definition) is 9. The van der Waals surface area contributed by atoms with Crippen LogP contribution in [0.4, 0.5) is 8.78 Å². The molecule has 14 heteroatoms. The van der Waals surface area contributed by atoms with Gasteiger partial charge >= 0.3 is 5.97 Å². The molecular weight excluding hydrogens is 727 g/mol. The minimum atomic E-state index is -2.75. The zero-order valence-corrected chi connectivity index (χ0v) is 32.7. The molecule has 0 unspecified atom stereocenters. The van der Waals surface area contributed by atoms with E-state index in [4.69, 9.17) is 19.4 Å². The molecule has 2 amide bonds. The summed E-state index contributed by atoms with van der Waals surface area (Å²) in [5.41, 5.74) is 9.25. The Bertz CT molecular complexity index is 2140. The van der Waals surface area contributed by atoms with Crippen LogP contribution in [0.25, 0.3) is 33.4 Å². The number of alkyl halides is 2. The van der Waals surface area contributed by atoms with Crippen LogP contribution >= 0.6 is 11.3 Å². The van der Waals surface area contributed by atoms with E-state index >= 15 is 0 Å². The lowest BCUT2D eigenvalue weighted by molar-refractivity contribution is -0.155. The highest BCUT2D eigenvalue weighted by atomic mass is 32.1. The van der Waals surface area contributed by atoms with Crippen LogP contribution in [0, 0.1) is 23.2 Å². The molecule has 1 aromatic carbocycles. The number of ether oxygens (including phenoxy) is 2. The molecule has 4 aliphatic rings. The van der Waals surface area contributed by atoms with Crippen molar-refractivity contribution in [3.63, 3.8) is 0 Å². The number of nitrogens with one attached hydrogen (secondary N) is 2. The number of halogens is 2. The Labute approximate surface area is 323 Å². The van der Waals surface area contributed by atoms with Gasteiger partial charge in [-0.15, -0.1) is 11.3 Å². The predicted molar refractivity (Wildman–Crippen MR) is 204 cm³/mol. The lowest BCUT2D eigenvalue weighted by Gasteiger charge is -2.35. The first-order chi connectivity index (χ1) is 26.3. The largest absolute Gasteiger partial charge is 0.464 e. The van der Waals surface area contributed by atoms with Crippen molar-refractivity contribution >= 4 is 40.0 Å². The molecule has 0 radical (unpaired) electrons. The summed E-state index contributed by atoms with van der Waals surface area (Å²) in [6.07, 6.45) is 2.66. The highest BCUT2D eigenvalue weighted by molar-refractivity contribution is 7.10. The van der Waals surface area contributed by atoms with E-state index in [9.17, 15) is 23.2 Å². The smallest absolute Gasteiger partial charge is 0.324 e. The van der Waals surface area contributed by atoms with E-state index in [2.05, 4.69) is 60.3 Å². The number of carbonyl (C=O) groups excluding carboxylic acids is 3. The zero-order valence-electron chi connectivity index (χ0n) is 31.9. The number of thiazole rings is 1. The van der Waals surface area contributed by atoms with E-state index in [-0.39, 0.29) is 49.7 Å². The molecule has 0 spiro atoms. The minimum Gasteiger partial charge on any atom is -0.464 e. The van der Waals surface area contributed by atoms with Crippen molar-refractivity contribution in [3.05, 3.63) is 58.2 Å². The third-order valence-electron chi connectivity index (χ3n) is 11.9. The Hall–Kier alpha value is -4.27. The Morgan fingerprint density at radius 1 is 1.20 bits per heavy atom. The molecule has 3 aromatic heterocycles. The quantitative estimate of drug-likeness (QED) is 0.213. The number of fused-ring (bicyclic) bond motifs is 7. The van der Waals surface area contributed by atoms with Crippen molar-refractivity contribution in [1.29, 1.82) is 0 Å². The van der Waals surface area contributed by atoms with Crippen LogP contribution < -0.4 is 10.7 Å². The van der Waals surface area contributed by atoms with Crippen LogP contribution in [-0.2, 0) is 43.2 Å². The molecule has 292 valence electrons. The predicted octanol–water partition coefficient (Wildman–Crippen LogP) is 6.49. The summed E-state index contributed by atoms with van der Waals surface area (Å²) in [7, 11) is 1.68. The summed E-state index contributed by atoms with van der Waals surface area (Å²) in [5, 5.41) is 7.98. The average Bonchev–Trinajstić information content (AvgIpc) is 3.44. The molecule has 6 atom stereocenters. The lowest BCUT2D eigenvalue weighted by atomic mass is 9.84. The molecular formula is C41H48F2N6O5S. The van der Waals surface area contributed by atoms with Gasteiger partial charge in [0, 0.05) is 84.4 Å². The Morgan fingerprint density at radius 3 is 2.73 bits per heavy atom. The fourth-order valence-corrected chi connectivity index (χ4v) is 9.85. The summed E-state index contributed by atoms with van der Waals surface area (Å²) < 4.78 is 42.0. The molecule has 4 aromatic rings. The molecule has 55 heavy (non-hydrogen) atoms. The van der Waals surface area contributed by atoms with Gasteiger partial charge in [-0.3, -0.25) is 24.4 Å². The first-order valence-electron chi connectivity index (χ1n) is 19.3. The van der Waals surface area contributed by atoms with Gasteiger partial charge in [0.1, 0.15) is 12.1 Å². The Morgan fingerprint density at radius 2 is 1.98 bits per heavy atom. The molecule has 2 saturated carbocycles. The van der Waals surface area contributed by atoms with Gasteiger partial charge in [-0.1, -0.05) is 19.9 Å². The molecule has 8 rings (SSSR count). The maximum atomic E-state index is 14.2. The number of benzene rings is 1. The van der Waals surface area contributed by atoms with Gasteiger partial charge in [0.15, 0.2) is 0 Å². The first kappa shape index (κ1) is 37.6. The standard InChI is InChI=1S/C41H48F2N6O5S/c1-6-48-32-12-11-23-15-25(32)28(36(48)24-9-7-13-44-35(24)22(2)53-5)17-40(3,4)21-54-39(52)29-10-8-14-49(47-29)38(51)30(16-33-45-31(23)20-55-33)46-37(50)34-26-18-41(42,43)19-27(26)34/h7,9,11-13,15,20,22,26-27,29-30,34,47H,6,8,10,14,16-19,21H2,1-5H3,(H,46,50)/t22-,26-,27+,29-,30-,34+/m0/s1. The van der Waals surface area contributed by atoms with Crippen molar-refractivity contribution in [2.75, 3.05) is 20.3 Å². The molecule has 2 aliphatic heterocycles. The number of aryl methyl sites for hydroxylation is 1. The van der Waals surface area contributed by atoms with Crippen molar-refractivity contribution in [1.82, 2.24) is 30.3 Å². The number of amides is 2. The molecule has 3 fully saturated rings. The maximum absolute atomic E-state index is 14.2. The number of cyclic esters (lactones) is 1. The normalized spacial score (nSPS) is 26.6. The van der Waals surface area contributed by atoms with E-state index in [0.29, 0.717) is 37.4 Å². The number of pyridine rings is 1. The number of methoxy groups -OCH3 is 1. The van der Waals surface area contributed by atoms with Crippen molar-refractivity contribution in [2.24, 2.45) is 23.2 Å². The molecule has 5 heterocycles. The Kier molecular flexibility index (Phi) is 9.82. The van der Waals surface area contributed by atoms with E-state index in [1.54, 1.807) is 13.3 Å². The zero-order chi connectivity index (χ0) is 38.8. The summed E-state index contributed by atoms with van der Waals surface area (Å²) >= 11 is 1.40. The van der Waals surface area contributed by atoms with Gasteiger partial charge in [-0.25, -0.2) is 19.2 Å². The van der Waals surface area contributed by atoms with Crippen LogP contribution in [0.2, 0.25) is 0 Å². The van der Waals surface area contributed by atoms with E-state index < -0.39 is 41.2 Å². The van der Waals surface area contributed by atoms with Gasteiger partial charge < -0.3 is 19.4 Å². The summed E-state index contributed by atoms with van der Waals surface area (Å²) in [6, 6.07) is 8.59. The van der Waals surface area contributed by atoms with Gasteiger partial charge in [0.2, 0.25) is 11.8 Å². The second-order valence-electron chi connectivity index (χ2n) is 16.4. The third-order valence-corrected chi connectivity index (χ3v) is 12.7. The third kappa shape index (κ3) is 7.17. The van der Waals surface area contributed by atoms with Gasteiger partial charge in [0.25, 0.3) is 5.91 Å². The monoisotopic (exact) mass is 774 g/mol. The van der Waals surface area contributed by atoms with Crippen LogP contribution in [0.3, 0.4) is 0 Å². The van der Waals surface area contributed by atoms with E-state index in [1.807, 2.05) is 18.4 Å². The number of carbonyl (C=O) groups is 3. The molecule has 11 nitrogen and oxygen atoms in total. The summed E-state index contributed by atoms with van der Waals surface area (Å²) in [5.74, 6) is -5.27. The number of nitrogens with zero attached hydrogens (tertiary/aromatic N) is 4. The first-order valence-corrected chi connectivity index (χ1v) is 20.2. The average molecular weight is 775 g/mol. The maximum Gasteiger partial charge on any atom is 0.324 e. The van der Waals surface area contributed by atoms with Gasteiger partial charge in [0.05, 0.1) is 34.8 Å². The molecule has 6 bridgehead atoms. The second-order valence-corrected chi connectivity index (χ2v) is 17.3. The highest BCUT2D eigenvalue weighted by Crippen LogP contribution is 2.62. The number of hydrazine groups is 1. The highest BCUT2D eigenvalue weighted by Gasteiger charge is 2.65. The number of esters is 1. The fraction of sp³-hybridized carbons (Fsp3) is 0.537. The lowest BCUT2D eigenvalue weighted by Crippen LogP contribution is -2.60. The van der Waals surface area contributed by atoms with Crippen LogP contribution in [0.1, 0.15) is 75.7 Å². The number of hydrogen-bond donors (Lipinski definition) is 2. The van der Waals surface area contributed by atoms with Crippen LogP contribution in [-0.4, -0.2) is 75.6 Å². The number of rotatable bonds is 6. The molecule has 2 aliphatic carbocycles. The Balaban J connectivity index is 1.20. The summed E-state index contributed by atoms with van der Waals surface area (Å²) in [6.45, 7) is 9.46. The minimum absolute atomic E-state index is 0.111. The van der Waals surface area contributed by atoms with Gasteiger partial charge in [-0.05, 0) is 74.8 Å². The van der Waals surface area contributed by atoms with E-state index in [1.165, 1.54) is 16.3 Å². The molecule has 1 saturated heterocycles. The van der Waals surface area contributed by atoms with E-state index in [0.717, 1.165) is 44.7 Å². The fourth-order valence-electron chi connectivity index (χ4n) is 9.00. The van der Waals surface area contributed by atoms with Crippen LogP contribution in [0.15, 0.2) is 41.9 Å².